The van der Waals surface area contributed by atoms with Crippen LogP contribution in [-0.2, 0) is 0 Å². The van der Waals surface area contributed by atoms with Crippen molar-refractivity contribution in [3.8, 4) is 0 Å². The van der Waals surface area contributed by atoms with Gasteiger partial charge >= 0.3 is 0 Å². The minimum atomic E-state index is 0. The third kappa shape index (κ3) is 2.15. The second kappa shape index (κ2) is 4.24. The van der Waals surface area contributed by atoms with E-state index >= 15 is 0 Å². The molecule has 0 saturated heterocycles. The quantitative estimate of drug-likeness (QED) is 0.518. The van der Waals surface area contributed by atoms with Crippen molar-refractivity contribution in [1.82, 2.24) is 0 Å². The second-order valence-corrected chi connectivity index (χ2v) is 6.27. The zero-order chi connectivity index (χ0) is 9.47. The van der Waals surface area contributed by atoms with Crippen molar-refractivity contribution in [3.05, 3.63) is 0 Å². The van der Waals surface area contributed by atoms with Gasteiger partial charge in [-0.15, -0.1) is 0 Å². The lowest BCUT2D eigenvalue weighted by Gasteiger charge is -2.49. The van der Waals surface area contributed by atoms with Gasteiger partial charge in [0, 0.05) is 0 Å². The highest BCUT2D eigenvalue weighted by atomic mass is 14.5. The lowest BCUT2D eigenvalue weighted by atomic mass is 9.56. The van der Waals surface area contributed by atoms with Crippen molar-refractivity contribution in [3.63, 3.8) is 0 Å². The van der Waals surface area contributed by atoms with Crippen molar-refractivity contribution in [1.29, 1.82) is 0 Å². The van der Waals surface area contributed by atoms with Crippen LogP contribution < -0.4 is 0 Å². The Balaban J connectivity index is 0.000000980. The highest BCUT2D eigenvalue weighted by Gasteiger charge is 2.42. The van der Waals surface area contributed by atoms with Crippen molar-refractivity contribution in [2.24, 2.45) is 23.2 Å². The summed E-state index contributed by atoms with van der Waals surface area (Å²) in [4.78, 5) is 0. The minimum Gasteiger partial charge on any atom is -0.0776 e. The highest BCUT2D eigenvalue weighted by Crippen LogP contribution is 2.51. The first kappa shape index (κ1) is 12.1. The fourth-order valence-corrected chi connectivity index (χ4v) is 4.09. The van der Waals surface area contributed by atoms with Gasteiger partial charge < -0.3 is 0 Å². The third-order valence-electron chi connectivity index (χ3n) is 4.32. The minimum absolute atomic E-state index is 0. The molecule has 0 spiro atoms. The summed E-state index contributed by atoms with van der Waals surface area (Å²) < 4.78 is 0. The predicted octanol–water partition coefficient (Wildman–Crippen LogP) is 4.89. The fraction of sp³-hybridized carbons (Fsp3) is 1.00. The molecule has 0 heterocycles. The standard InChI is InChI=1S/C13H24.CH4/c1-13(2,3)12-10-6-4-7-11(12)9-5-8-10;/h10-12H,4-9H2,1-3H3;1H4. The molecule has 0 N–H and O–H groups in total. The SMILES string of the molecule is C.CC(C)(C)C1C2CCCC1CCC2. The molecule has 2 aliphatic rings. The van der Waals surface area contributed by atoms with Crippen molar-refractivity contribution >= 4 is 0 Å². The average molecular weight is 196 g/mol. The Bertz CT molecular complexity index is 153. The summed E-state index contributed by atoms with van der Waals surface area (Å²) in [5, 5.41) is 0. The summed E-state index contributed by atoms with van der Waals surface area (Å²) in [5.41, 5.74) is 0.566. The molecule has 2 rings (SSSR count). The smallest absolute Gasteiger partial charge is 0.0309 e. The highest BCUT2D eigenvalue weighted by molar-refractivity contribution is 4.92. The zero-order valence-corrected chi connectivity index (χ0v) is 9.47. The Morgan fingerprint density at radius 2 is 1.14 bits per heavy atom. The molecule has 0 aliphatic heterocycles. The van der Waals surface area contributed by atoms with Gasteiger partial charge in [0.1, 0.15) is 0 Å². The van der Waals surface area contributed by atoms with Gasteiger partial charge in [-0.1, -0.05) is 66.7 Å². The maximum absolute atomic E-state index is 2.45. The van der Waals surface area contributed by atoms with E-state index in [-0.39, 0.29) is 7.43 Å². The first-order valence-electron chi connectivity index (χ1n) is 6.09. The van der Waals surface area contributed by atoms with E-state index in [0.717, 1.165) is 17.8 Å². The molecule has 84 valence electrons. The number of rotatable bonds is 0. The molecular formula is C14H28. The molecule has 0 unspecified atom stereocenters. The maximum atomic E-state index is 2.45. The second-order valence-electron chi connectivity index (χ2n) is 6.27. The van der Waals surface area contributed by atoms with E-state index in [2.05, 4.69) is 20.8 Å². The van der Waals surface area contributed by atoms with Gasteiger partial charge in [0.15, 0.2) is 0 Å². The van der Waals surface area contributed by atoms with Crippen LogP contribution in [0.15, 0.2) is 0 Å². The summed E-state index contributed by atoms with van der Waals surface area (Å²) in [5.74, 6) is 3.19. The molecule has 0 aromatic heterocycles. The lowest BCUT2D eigenvalue weighted by molar-refractivity contribution is 0.00939. The summed E-state index contributed by atoms with van der Waals surface area (Å²) in [6, 6.07) is 0. The van der Waals surface area contributed by atoms with Crippen LogP contribution in [-0.4, -0.2) is 0 Å². The Labute approximate surface area is 90.5 Å². The van der Waals surface area contributed by atoms with Gasteiger partial charge in [0.05, 0.1) is 0 Å². The Morgan fingerprint density at radius 1 is 0.786 bits per heavy atom. The molecule has 14 heavy (non-hydrogen) atoms. The molecule has 0 nitrogen and oxygen atoms in total. The van der Waals surface area contributed by atoms with Crippen LogP contribution in [0.2, 0.25) is 0 Å². The lowest BCUT2D eigenvalue weighted by Crippen LogP contribution is -2.40. The summed E-state index contributed by atoms with van der Waals surface area (Å²) in [7, 11) is 0. The van der Waals surface area contributed by atoms with Gasteiger partial charge in [-0.05, 0) is 23.2 Å². The Kier molecular flexibility index (Phi) is 3.66. The molecule has 2 bridgehead atoms. The van der Waals surface area contributed by atoms with Crippen LogP contribution in [0.3, 0.4) is 0 Å². The monoisotopic (exact) mass is 196 g/mol. The summed E-state index contributed by atoms with van der Waals surface area (Å²) in [6.45, 7) is 7.36. The molecule has 0 amide bonds. The maximum Gasteiger partial charge on any atom is -0.0309 e. The zero-order valence-electron chi connectivity index (χ0n) is 9.47. The molecule has 0 atom stereocenters. The van der Waals surface area contributed by atoms with E-state index < -0.39 is 0 Å². The predicted molar refractivity (Wildman–Crippen MR) is 64.4 cm³/mol. The van der Waals surface area contributed by atoms with Crippen LogP contribution in [0.25, 0.3) is 0 Å². The van der Waals surface area contributed by atoms with Crippen LogP contribution in [0.1, 0.15) is 66.7 Å². The molecule has 0 aromatic carbocycles. The third-order valence-corrected chi connectivity index (χ3v) is 4.32. The molecule has 0 aromatic rings. The molecule has 0 radical (unpaired) electrons. The summed E-state index contributed by atoms with van der Waals surface area (Å²) in [6.07, 6.45) is 9.14. The fourth-order valence-electron chi connectivity index (χ4n) is 4.09. The number of fused-ring (bicyclic) bond motifs is 2. The first-order valence-corrected chi connectivity index (χ1v) is 6.09. The Hall–Kier alpha value is 0. The Morgan fingerprint density at radius 3 is 1.36 bits per heavy atom. The van der Waals surface area contributed by atoms with Crippen LogP contribution in [0, 0.1) is 23.2 Å². The van der Waals surface area contributed by atoms with Gasteiger partial charge in [-0.3, -0.25) is 0 Å². The van der Waals surface area contributed by atoms with E-state index in [1.807, 2.05) is 0 Å². The number of hydrogen-bond donors (Lipinski definition) is 0. The number of hydrogen-bond acceptors (Lipinski definition) is 0. The van der Waals surface area contributed by atoms with E-state index in [4.69, 9.17) is 0 Å². The van der Waals surface area contributed by atoms with Gasteiger partial charge in [0.2, 0.25) is 0 Å². The van der Waals surface area contributed by atoms with E-state index in [0.29, 0.717) is 5.41 Å². The van der Waals surface area contributed by atoms with Crippen molar-refractivity contribution in [2.45, 2.75) is 66.7 Å². The van der Waals surface area contributed by atoms with Crippen LogP contribution in [0.4, 0.5) is 0 Å². The van der Waals surface area contributed by atoms with Crippen LogP contribution in [0.5, 0.6) is 0 Å². The van der Waals surface area contributed by atoms with Crippen LogP contribution >= 0.6 is 0 Å². The summed E-state index contributed by atoms with van der Waals surface area (Å²) >= 11 is 0. The first-order chi connectivity index (χ1) is 6.09. The molecule has 2 fully saturated rings. The molecule has 2 saturated carbocycles. The van der Waals surface area contributed by atoms with Gasteiger partial charge in [0.25, 0.3) is 0 Å². The van der Waals surface area contributed by atoms with Gasteiger partial charge in [-0.25, -0.2) is 0 Å². The van der Waals surface area contributed by atoms with Crippen molar-refractivity contribution < 1.29 is 0 Å². The topological polar surface area (TPSA) is 0 Å². The normalized spacial score (nSPS) is 37.5. The molecule has 0 heteroatoms. The van der Waals surface area contributed by atoms with E-state index in [1.165, 1.54) is 38.5 Å². The van der Waals surface area contributed by atoms with E-state index in [9.17, 15) is 0 Å². The van der Waals surface area contributed by atoms with E-state index in [1.54, 1.807) is 0 Å². The molecule has 2 aliphatic carbocycles. The largest absolute Gasteiger partial charge is 0.0776 e. The van der Waals surface area contributed by atoms with Crippen molar-refractivity contribution in [2.75, 3.05) is 0 Å². The molecular weight excluding hydrogens is 168 g/mol. The average Bonchev–Trinajstić information content (AvgIpc) is 2.01. The van der Waals surface area contributed by atoms with Gasteiger partial charge in [-0.2, -0.15) is 0 Å².